The van der Waals surface area contributed by atoms with Gasteiger partial charge in [-0.2, -0.15) is 0 Å². The van der Waals surface area contributed by atoms with Crippen LogP contribution in [0.5, 0.6) is 0 Å². The third kappa shape index (κ3) is 3.45. The highest BCUT2D eigenvalue weighted by Gasteiger charge is 2.21. The number of hydrogen-bond acceptors (Lipinski definition) is 3. The number of carbonyl (C=O) groups is 2. The highest BCUT2D eigenvalue weighted by Crippen LogP contribution is 2.27. The molecule has 92 valence electrons. The highest BCUT2D eigenvalue weighted by atomic mass is 35.5. The molecule has 3 nitrogen and oxygen atoms in total. The molecule has 0 aliphatic heterocycles. The van der Waals surface area contributed by atoms with E-state index in [0.717, 1.165) is 0 Å². The van der Waals surface area contributed by atoms with E-state index in [-0.39, 0.29) is 17.2 Å². The van der Waals surface area contributed by atoms with Crippen molar-refractivity contribution in [2.24, 2.45) is 5.92 Å². The molecule has 0 aromatic heterocycles. The molecule has 0 bridgehead atoms. The predicted octanol–water partition coefficient (Wildman–Crippen LogP) is 3.38. The Morgan fingerprint density at radius 3 is 2.59 bits per heavy atom. The Balaban J connectivity index is 2.89. The lowest BCUT2D eigenvalue weighted by molar-refractivity contribution is -0.141. The van der Waals surface area contributed by atoms with Gasteiger partial charge in [0.2, 0.25) is 0 Å². The van der Waals surface area contributed by atoms with Crippen molar-refractivity contribution in [1.82, 2.24) is 0 Å². The van der Waals surface area contributed by atoms with Crippen LogP contribution >= 0.6 is 23.2 Å². The number of ether oxygens (including phenoxy) is 1. The van der Waals surface area contributed by atoms with E-state index in [1.165, 1.54) is 7.11 Å². The van der Waals surface area contributed by atoms with Gasteiger partial charge in [-0.05, 0) is 12.1 Å². The van der Waals surface area contributed by atoms with Crippen molar-refractivity contribution in [2.75, 3.05) is 7.11 Å². The zero-order chi connectivity index (χ0) is 13.0. The van der Waals surface area contributed by atoms with Gasteiger partial charge >= 0.3 is 5.97 Å². The summed E-state index contributed by atoms with van der Waals surface area (Å²) in [6, 6.07) is 4.84. The van der Waals surface area contributed by atoms with Gasteiger partial charge in [0, 0.05) is 11.5 Å². The molecule has 0 heterocycles. The zero-order valence-corrected chi connectivity index (χ0v) is 11.0. The number of Topliss-reactive ketones (excluding diaryl/α,β-unsaturated/α-hetero) is 1. The van der Waals surface area contributed by atoms with Crippen molar-refractivity contribution < 1.29 is 14.3 Å². The molecular formula is C12H12Cl2O3. The van der Waals surface area contributed by atoms with Gasteiger partial charge in [-0.25, -0.2) is 0 Å². The Morgan fingerprint density at radius 1 is 1.35 bits per heavy atom. The second-order valence-electron chi connectivity index (χ2n) is 3.65. The third-order valence-corrected chi connectivity index (χ3v) is 3.18. The van der Waals surface area contributed by atoms with E-state index >= 15 is 0 Å². The average molecular weight is 275 g/mol. The summed E-state index contributed by atoms with van der Waals surface area (Å²) in [5, 5.41) is 0.540. The van der Waals surface area contributed by atoms with E-state index in [1.807, 2.05) is 0 Å². The van der Waals surface area contributed by atoms with E-state index < -0.39 is 11.9 Å². The molecule has 0 saturated heterocycles. The van der Waals surface area contributed by atoms with E-state index in [2.05, 4.69) is 4.74 Å². The Morgan fingerprint density at radius 2 is 2.00 bits per heavy atom. The first-order valence-corrected chi connectivity index (χ1v) is 5.78. The summed E-state index contributed by atoms with van der Waals surface area (Å²) in [7, 11) is 1.28. The summed E-state index contributed by atoms with van der Waals surface area (Å²) < 4.78 is 4.51. The van der Waals surface area contributed by atoms with Gasteiger partial charge in [0.1, 0.15) is 0 Å². The van der Waals surface area contributed by atoms with Crippen LogP contribution in [0.3, 0.4) is 0 Å². The van der Waals surface area contributed by atoms with Crippen molar-refractivity contribution in [2.45, 2.75) is 13.3 Å². The Kier molecular flexibility index (Phi) is 4.97. The number of methoxy groups -OCH3 is 1. The summed E-state index contributed by atoms with van der Waals surface area (Å²) in [5.74, 6) is -1.13. The number of carbonyl (C=O) groups excluding carboxylic acids is 2. The Bertz CT molecular complexity index is 443. The van der Waals surface area contributed by atoms with Crippen molar-refractivity contribution in [3.05, 3.63) is 33.8 Å². The first-order valence-electron chi connectivity index (χ1n) is 5.02. The van der Waals surface area contributed by atoms with Crippen molar-refractivity contribution in [3.8, 4) is 0 Å². The predicted molar refractivity (Wildman–Crippen MR) is 66.6 cm³/mol. The third-order valence-electron chi connectivity index (χ3n) is 2.37. The molecular weight excluding hydrogens is 263 g/mol. The lowest BCUT2D eigenvalue weighted by Crippen LogP contribution is -2.17. The molecule has 5 heteroatoms. The van der Waals surface area contributed by atoms with Gasteiger partial charge in [0.25, 0.3) is 0 Å². The van der Waals surface area contributed by atoms with Crippen molar-refractivity contribution in [1.29, 1.82) is 0 Å². The molecule has 0 amide bonds. The van der Waals surface area contributed by atoms with E-state index in [1.54, 1.807) is 25.1 Å². The summed E-state index contributed by atoms with van der Waals surface area (Å²) in [4.78, 5) is 23.1. The largest absolute Gasteiger partial charge is 0.469 e. The molecule has 0 aliphatic carbocycles. The second kappa shape index (κ2) is 6.03. The van der Waals surface area contributed by atoms with E-state index in [4.69, 9.17) is 23.2 Å². The zero-order valence-electron chi connectivity index (χ0n) is 9.50. The van der Waals surface area contributed by atoms with Crippen LogP contribution in [0, 0.1) is 5.92 Å². The smallest absolute Gasteiger partial charge is 0.306 e. The molecule has 1 rings (SSSR count). The molecule has 1 unspecified atom stereocenters. The van der Waals surface area contributed by atoms with Crippen LogP contribution in [-0.4, -0.2) is 18.9 Å². The molecule has 1 aromatic rings. The van der Waals surface area contributed by atoms with Gasteiger partial charge < -0.3 is 4.74 Å². The number of halogens is 2. The van der Waals surface area contributed by atoms with Gasteiger partial charge in [-0.15, -0.1) is 0 Å². The first kappa shape index (κ1) is 14.0. The van der Waals surface area contributed by atoms with E-state index in [9.17, 15) is 9.59 Å². The number of benzene rings is 1. The van der Waals surface area contributed by atoms with Crippen LogP contribution in [0.25, 0.3) is 0 Å². The minimum atomic E-state index is -0.488. The maximum absolute atomic E-state index is 12.0. The normalized spacial score (nSPS) is 12.0. The number of ketones is 1. The fourth-order valence-corrected chi connectivity index (χ4v) is 1.78. The topological polar surface area (TPSA) is 43.4 Å². The molecule has 17 heavy (non-hydrogen) atoms. The van der Waals surface area contributed by atoms with Crippen LogP contribution < -0.4 is 0 Å². The molecule has 0 N–H and O–H groups in total. The van der Waals surface area contributed by atoms with Crippen LogP contribution in [0.1, 0.15) is 23.7 Å². The van der Waals surface area contributed by atoms with Gasteiger partial charge in [-0.1, -0.05) is 36.2 Å². The molecule has 0 fully saturated rings. The number of esters is 1. The van der Waals surface area contributed by atoms with Gasteiger partial charge in [0.15, 0.2) is 5.78 Å². The summed E-state index contributed by atoms with van der Waals surface area (Å²) in [6.45, 7) is 1.65. The minimum Gasteiger partial charge on any atom is -0.469 e. The fraction of sp³-hybridized carbons (Fsp3) is 0.333. The highest BCUT2D eigenvalue weighted by molar-refractivity contribution is 6.44. The number of hydrogen-bond donors (Lipinski definition) is 0. The first-order chi connectivity index (χ1) is 7.97. The van der Waals surface area contributed by atoms with Crippen molar-refractivity contribution in [3.63, 3.8) is 0 Å². The maximum atomic E-state index is 12.0. The SMILES string of the molecule is COC(=O)CC(C)C(=O)c1cccc(Cl)c1Cl. The van der Waals surface area contributed by atoms with Gasteiger partial charge in [0.05, 0.1) is 23.6 Å². The lowest BCUT2D eigenvalue weighted by Gasteiger charge is -2.10. The number of rotatable bonds is 4. The minimum absolute atomic E-state index is 0.0260. The molecule has 1 aromatic carbocycles. The molecule has 0 radical (unpaired) electrons. The monoisotopic (exact) mass is 274 g/mol. The van der Waals surface area contributed by atoms with Gasteiger partial charge in [-0.3, -0.25) is 9.59 Å². The summed E-state index contributed by atoms with van der Waals surface area (Å²) >= 11 is 11.8. The molecule has 0 spiro atoms. The molecule has 0 aliphatic rings. The van der Waals surface area contributed by atoms with E-state index in [0.29, 0.717) is 10.6 Å². The lowest BCUT2D eigenvalue weighted by atomic mass is 9.96. The average Bonchev–Trinajstić information content (AvgIpc) is 2.31. The maximum Gasteiger partial charge on any atom is 0.306 e. The Hall–Kier alpha value is -1.06. The second-order valence-corrected chi connectivity index (χ2v) is 4.43. The molecule has 0 saturated carbocycles. The van der Waals surface area contributed by atoms with Crippen molar-refractivity contribution >= 4 is 35.0 Å². The molecule has 1 atom stereocenters. The summed E-state index contributed by atoms with van der Waals surface area (Å²) in [6.07, 6.45) is 0.0260. The quantitative estimate of drug-likeness (QED) is 0.625. The van der Waals surface area contributed by atoms with Crippen LogP contribution in [-0.2, 0) is 9.53 Å². The fourth-order valence-electron chi connectivity index (χ4n) is 1.39. The van der Waals surface area contributed by atoms with Crippen LogP contribution in [0.4, 0.5) is 0 Å². The standard InChI is InChI=1S/C12H12Cl2O3/c1-7(6-10(15)17-2)12(16)8-4-3-5-9(13)11(8)14/h3-5,7H,6H2,1-2H3. The van der Waals surface area contributed by atoms with Crippen LogP contribution in [0.2, 0.25) is 10.0 Å². The summed E-state index contributed by atoms with van der Waals surface area (Å²) in [5.41, 5.74) is 0.329. The Labute approximate surface area is 110 Å². The van der Waals surface area contributed by atoms with Crippen LogP contribution in [0.15, 0.2) is 18.2 Å².